The molecular weight excluding hydrogens is 358 g/mol. The zero-order valence-electron chi connectivity index (χ0n) is 16.4. The van der Waals surface area contributed by atoms with Crippen LogP contribution in [-0.4, -0.2) is 36.8 Å². The van der Waals surface area contributed by atoms with E-state index >= 15 is 0 Å². The minimum atomic E-state index is -1.18. The highest BCUT2D eigenvalue weighted by Crippen LogP contribution is 2.29. The molecule has 2 aromatic carbocycles. The van der Waals surface area contributed by atoms with Gasteiger partial charge in [-0.2, -0.15) is 5.26 Å². The minimum Gasteiger partial charge on any atom is -0.492 e. The predicted octanol–water partition coefficient (Wildman–Crippen LogP) is 5.20. The van der Waals surface area contributed by atoms with Crippen molar-refractivity contribution in [2.24, 2.45) is 5.92 Å². The number of piperidine rings is 1. The molecule has 1 heterocycles. The molecule has 0 amide bonds. The lowest BCUT2D eigenvalue weighted by Crippen LogP contribution is -2.41. The summed E-state index contributed by atoms with van der Waals surface area (Å²) in [4.78, 5) is 2.15. The Morgan fingerprint density at radius 2 is 1.89 bits per heavy atom. The van der Waals surface area contributed by atoms with Crippen LogP contribution in [0.5, 0.6) is 5.75 Å². The molecular formula is C23H26F2N2O. The molecule has 0 atom stereocenters. The first-order chi connectivity index (χ1) is 13.4. The van der Waals surface area contributed by atoms with Crippen molar-refractivity contribution in [3.05, 3.63) is 53.8 Å². The molecule has 1 aliphatic heterocycles. The normalized spacial score (nSPS) is 16.0. The first-order valence-electron chi connectivity index (χ1n) is 9.69. The largest absolute Gasteiger partial charge is 0.492 e. The minimum absolute atomic E-state index is 0.316. The van der Waals surface area contributed by atoms with E-state index in [1.807, 2.05) is 0 Å². The highest BCUT2D eigenvalue weighted by Gasteiger charge is 2.25. The number of hydrogen-bond acceptors (Lipinski definition) is 3. The number of nitrogens with zero attached hydrogens (tertiary/aromatic N) is 2. The van der Waals surface area contributed by atoms with E-state index in [4.69, 9.17) is 4.74 Å². The van der Waals surface area contributed by atoms with Crippen LogP contribution in [-0.2, 0) is 0 Å². The number of rotatable bonds is 6. The van der Waals surface area contributed by atoms with Crippen LogP contribution in [0.4, 0.5) is 8.78 Å². The van der Waals surface area contributed by atoms with E-state index in [-0.39, 0.29) is 5.82 Å². The highest BCUT2D eigenvalue weighted by molar-refractivity contribution is 5.67. The van der Waals surface area contributed by atoms with Crippen molar-refractivity contribution in [3.63, 3.8) is 0 Å². The van der Waals surface area contributed by atoms with E-state index in [1.54, 1.807) is 50.2 Å². The van der Waals surface area contributed by atoms with E-state index in [9.17, 15) is 14.0 Å². The summed E-state index contributed by atoms with van der Waals surface area (Å²) < 4.78 is 33.7. The molecule has 28 heavy (non-hydrogen) atoms. The molecule has 0 bridgehead atoms. The first-order valence-corrected chi connectivity index (χ1v) is 9.69. The second-order valence-corrected chi connectivity index (χ2v) is 8.05. The van der Waals surface area contributed by atoms with Crippen LogP contribution in [0.25, 0.3) is 11.1 Å². The monoisotopic (exact) mass is 384 g/mol. The molecule has 3 rings (SSSR count). The van der Waals surface area contributed by atoms with Crippen LogP contribution in [0.15, 0.2) is 42.5 Å². The van der Waals surface area contributed by atoms with Gasteiger partial charge in [0.05, 0.1) is 12.2 Å². The van der Waals surface area contributed by atoms with Gasteiger partial charge >= 0.3 is 0 Å². The van der Waals surface area contributed by atoms with E-state index in [2.05, 4.69) is 11.0 Å². The van der Waals surface area contributed by atoms with Crippen molar-refractivity contribution in [1.82, 2.24) is 4.90 Å². The topological polar surface area (TPSA) is 36.3 Å². The molecule has 1 aliphatic rings. The molecule has 0 spiro atoms. The van der Waals surface area contributed by atoms with Crippen molar-refractivity contribution in [2.45, 2.75) is 32.4 Å². The Hall–Kier alpha value is -2.45. The van der Waals surface area contributed by atoms with Gasteiger partial charge in [-0.25, -0.2) is 8.78 Å². The Bertz CT molecular complexity index is 846. The zero-order chi connectivity index (χ0) is 20.1. The Morgan fingerprint density at radius 3 is 2.54 bits per heavy atom. The molecule has 5 heteroatoms. The standard InChI is InChI=1S/C23H26F2N2O/c1-23(2,25)16-27-11-9-17(10-12-27)15-28-22-8-7-18(13-19(22)14-26)20-5-3-4-6-21(20)24/h3-8,13,17H,9-12,15-16H2,1-2H3. The summed E-state index contributed by atoms with van der Waals surface area (Å²) in [5.74, 6) is 0.593. The van der Waals surface area contributed by atoms with Gasteiger partial charge < -0.3 is 9.64 Å². The molecule has 0 unspecified atom stereocenters. The van der Waals surface area contributed by atoms with Gasteiger partial charge in [-0.05, 0) is 69.5 Å². The van der Waals surface area contributed by atoms with Gasteiger partial charge in [0.1, 0.15) is 23.3 Å². The maximum Gasteiger partial charge on any atom is 0.137 e. The van der Waals surface area contributed by atoms with E-state index in [1.165, 1.54) is 6.07 Å². The van der Waals surface area contributed by atoms with Gasteiger partial charge in [-0.15, -0.1) is 0 Å². The lowest BCUT2D eigenvalue weighted by molar-refractivity contribution is 0.0836. The molecule has 3 nitrogen and oxygen atoms in total. The van der Waals surface area contributed by atoms with Crippen LogP contribution in [0.3, 0.4) is 0 Å². The summed E-state index contributed by atoms with van der Waals surface area (Å²) in [5, 5.41) is 9.47. The maximum absolute atomic E-state index is 14.0. The quantitative estimate of drug-likeness (QED) is 0.686. The van der Waals surface area contributed by atoms with Gasteiger partial charge in [0.25, 0.3) is 0 Å². The fraction of sp³-hybridized carbons (Fsp3) is 0.435. The molecule has 1 saturated heterocycles. The maximum atomic E-state index is 14.0. The SMILES string of the molecule is CC(C)(F)CN1CCC(COc2ccc(-c3ccccc3F)cc2C#N)CC1. The van der Waals surface area contributed by atoms with Crippen molar-refractivity contribution in [2.75, 3.05) is 26.2 Å². The van der Waals surface area contributed by atoms with Gasteiger partial charge in [0.2, 0.25) is 0 Å². The molecule has 1 fully saturated rings. The summed E-state index contributed by atoms with van der Waals surface area (Å²) in [6.45, 7) is 5.92. The molecule has 0 saturated carbocycles. The summed E-state index contributed by atoms with van der Waals surface area (Å²) in [7, 11) is 0. The third kappa shape index (κ3) is 5.30. The molecule has 0 radical (unpaired) electrons. The predicted molar refractivity (Wildman–Crippen MR) is 106 cm³/mol. The van der Waals surface area contributed by atoms with E-state index in [0.717, 1.165) is 25.9 Å². The van der Waals surface area contributed by atoms with Crippen LogP contribution < -0.4 is 4.74 Å². The number of halogens is 2. The van der Waals surface area contributed by atoms with Crippen molar-refractivity contribution in [3.8, 4) is 22.9 Å². The van der Waals surface area contributed by atoms with Gasteiger partial charge in [0.15, 0.2) is 0 Å². The average molecular weight is 384 g/mol. The average Bonchev–Trinajstić information content (AvgIpc) is 2.66. The highest BCUT2D eigenvalue weighted by atomic mass is 19.1. The number of likely N-dealkylation sites (tertiary alicyclic amines) is 1. The summed E-state index contributed by atoms with van der Waals surface area (Å²) in [5.41, 5.74) is 0.348. The lowest BCUT2D eigenvalue weighted by Gasteiger charge is -2.34. The third-order valence-electron chi connectivity index (χ3n) is 5.07. The van der Waals surface area contributed by atoms with Crippen molar-refractivity contribution in [1.29, 1.82) is 5.26 Å². The van der Waals surface area contributed by atoms with Crippen molar-refractivity contribution < 1.29 is 13.5 Å². The van der Waals surface area contributed by atoms with Crippen LogP contribution in [0.1, 0.15) is 32.3 Å². The molecule has 2 aromatic rings. The number of hydrogen-bond donors (Lipinski definition) is 0. The Kier molecular flexibility index (Phi) is 6.31. The third-order valence-corrected chi connectivity index (χ3v) is 5.07. The van der Waals surface area contributed by atoms with Gasteiger partial charge in [0, 0.05) is 12.1 Å². The van der Waals surface area contributed by atoms with Crippen molar-refractivity contribution >= 4 is 0 Å². The van der Waals surface area contributed by atoms with E-state index in [0.29, 0.717) is 41.5 Å². The molecule has 148 valence electrons. The Labute approximate surface area is 165 Å². The number of benzene rings is 2. The fourth-order valence-corrected chi connectivity index (χ4v) is 3.66. The smallest absolute Gasteiger partial charge is 0.137 e. The Morgan fingerprint density at radius 1 is 1.18 bits per heavy atom. The van der Waals surface area contributed by atoms with Crippen LogP contribution in [0.2, 0.25) is 0 Å². The second kappa shape index (κ2) is 8.70. The van der Waals surface area contributed by atoms with Crippen LogP contribution in [0, 0.1) is 23.1 Å². The molecule has 0 N–H and O–H groups in total. The van der Waals surface area contributed by atoms with E-state index < -0.39 is 5.67 Å². The summed E-state index contributed by atoms with van der Waals surface area (Å²) in [6.07, 6.45) is 1.90. The number of ether oxygens (including phenoxy) is 1. The Balaban J connectivity index is 1.60. The second-order valence-electron chi connectivity index (χ2n) is 8.05. The molecule has 0 aromatic heterocycles. The van der Waals surface area contributed by atoms with Crippen LogP contribution >= 0.6 is 0 Å². The summed E-state index contributed by atoms with van der Waals surface area (Å²) in [6, 6.07) is 13.8. The van der Waals surface area contributed by atoms with Gasteiger partial charge in [-0.3, -0.25) is 0 Å². The zero-order valence-corrected chi connectivity index (χ0v) is 16.4. The lowest BCUT2D eigenvalue weighted by atomic mass is 9.96. The summed E-state index contributed by atoms with van der Waals surface area (Å²) >= 11 is 0. The number of nitriles is 1. The molecule has 0 aliphatic carbocycles. The number of alkyl halides is 1. The first kappa shape index (κ1) is 20.3. The fourth-order valence-electron chi connectivity index (χ4n) is 3.66. The van der Waals surface area contributed by atoms with Gasteiger partial charge in [-0.1, -0.05) is 24.3 Å².